The summed E-state index contributed by atoms with van der Waals surface area (Å²) in [6.45, 7) is 2.06. The van der Waals surface area contributed by atoms with Crippen molar-refractivity contribution in [3.8, 4) is 0 Å². The predicted octanol–water partition coefficient (Wildman–Crippen LogP) is 4.16. The van der Waals surface area contributed by atoms with E-state index < -0.39 is 6.04 Å². The van der Waals surface area contributed by atoms with Crippen LogP contribution < -0.4 is 11.2 Å². The Labute approximate surface area is 182 Å². The highest BCUT2D eigenvalue weighted by molar-refractivity contribution is 6.30. The molecule has 2 aromatic rings. The number of nitrogens with one attached hydrogen (secondary N) is 1. The number of aryl methyl sites for hydroxylation is 1. The molecule has 2 aromatic carbocycles. The van der Waals surface area contributed by atoms with Crippen molar-refractivity contribution in [3.63, 3.8) is 0 Å². The summed E-state index contributed by atoms with van der Waals surface area (Å²) in [4.78, 5) is 24.4. The molecule has 0 heterocycles. The zero-order valence-electron chi connectivity index (χ0n) is 17.1. The third kappa shape index (κ3) is 8.25. The normalized spacial score (nSPS) is 11.9. The fourth-order valence-corrected chi connectivity index (χ4v) is 3.20. The Hall–Kier alpha value is -2.86. The van der Waals surface area contributed by atoms with Crippen LogP contribution >= 0.6 is 11.6 Å². The van der Waals surface area contributed by atoms with E-state index in [-0.39, 0.29) is 18.3 Å². The van der Waals surface area contributed by atoms with E-state index in [1.54, 1.807) is 25.3 Å². The molecule has 0 aliphatic heterocycles. The minimum atomic E-state index is -0.439. The summed E-state index contributed by atoms with van der Waals surface area (Å²) >= 11 is 5.95. The van der Waals surface area contributed by atoms with Crippen molar-refractivity contribution in [2.45, 2.75) is 45.1 Å². The number of carbonyl (C=O) groups is 2. The van der Waals surface area contributed by atoms with E-state index in [9.17, 15) is 9.59 Å². The average Bonchev–Trinajstić information content (AvgIpc) is 2.73. The summed E-state index contributed by atoms with van der Waals surface area (Å²) in [5.74, 6) is 4.71. The molecule has 0 saturated carbocycles. The van der Waals surface area contributed by atoms with E-state index in [1.807, 2.05) is 36.4 Å². The zero-order chi connectivity index (χ0) is 21.8. The van der Waals surface area contributed by atoms with E-state index in [2.05, 4.69) is 10.4 Å². The number of esters is 1. The molecule has 1 amide bonds. The molecule has 0 fully saturated rings. The summed E-state index contributed by atoms with van der Waals surface area (Å²) in [6, 6.07) is 14.7. The lowest BCUT2D eigenvalue weighted by Gasteiger charge is -2.19. The average molecular weight is 430 g/mol. The summed E-state index contributed by atoms with van der Waals surface area (Å²) in [7, 11) is 0. The molecule has 7 heteroatoms. The second-order valence-corrected chi connectivity index (χ2v) is 7.34. The Morgan fingerprint density at radius 1 is 1.13 bits per heavy atom. The van der Waals surface area contributed by atoms with Gasteiger partial charge in [-0.25, -0.2) is 0 Å². The molecule has 6 nitrogen and oxygen atoms in total. The number of nitrogens with two attached hydrogens (primary N) is 1. The number of amides is 1. The maximum atomic E-state index is 12.4. The number of hydrogen-bond donors (Lipinski definition) is 2. The number of unbranched alkanes of at least 4 members (excludes halogenated alkanes) is 1. The molecule has 30 heavy (non-hydrogen) atoms. The van der Waals surface area contributed by atoms with E-state index >= 15 is 0 Å². The molecule has 1 atom stereocenters. The van der Waals surface area contributed by atoms with Crippen molar-refractivity contribution in [1.29, 1.82) is 0 Å². The molecule has 0 bridgehead atoms. The minimum Gasteiger partial charge on any atom is -0.466 e. The van der Waals surface area contributed by atoms with Crippen LogP contribution in [0.5, 0.6) is 0 Å². The molecule has 1 unspecified atom stereocenters. The zero-order valence-corrected chi connectivity index (χ0v) is 17.9. The number of carbonyl (C=O) groups excluding carboxylic acids is 2. The summed E-state index contributed by atoms with van der Waals surface area (Å²) in [5, 5.41) is 7.06. The van der Waals surface area contributed by atoms with Gasteiger partial charge in [-0.1, -0.05) is 48.0 Å². The van der Waals surface area contributed by atoms with Gasteiger partial charge >= 0.3 is 5.97 Å². The van der Waals surface area contributed by atoms with Crippen LogP contribution in [0.3, 0.4) is 0 Å². The van der Waals surface area contributed by atoms with E-state index in [0.717, 1.165) is 30.4 Å². The Balaban J connectivity index is 1.84. The fraction of sp³-hybridized carbons (Fsp3) is 0.348. The van der Waals surface area contributed by atoms with Crippen LogP contribution in [0.1, 0.15) is 55.3 Å². The van der Waals surface area contributed by atoms with Gasteiger partial charge in [0.05, 0.1) is 25.3 Å². The molecule has 0 saturated heterocycles. The van der Waals surface area contributed by atoms with Crippen LogP contribution in [-0.2, 0) is 20.7 Å². The van der Waals surface area contributed by atoms with E-state index in [1.165, 1.54) is 5.56 Å². The van der Waals surface area contributed by atoms with Crippen molar-refractivity contribution in [1.82, 2.24) is 5.32 Å². The second kappa shape index (κ2) is 12.6. The number of rotatable bonds is 11. The summed E-state index contributed by atoms with van der Waals surface area (Å²) in [6.07, 6.45) is 4.61. The maximum absolute atomic E-state index is 12.4. The number of hydrogen-bond acceptors (Lipinski definition) is 5. The Kier molecular flexibility index (Phi) is 9.87. The molecule has 0 radical (unpaired) electrons. The van der Waals surface area contributed by atoms with Crippen LogP contribution in [0.15, 0.2) is 53.6 Å². The highest BCUT2D eigenvalue weighted by atomic mass is 35.5. The van der Waals surface area contributed by atoms with Gasteiger partial charge in [0.25, 0.3) is 0 Å². The smallest absolute Gasteiger partial charge is 0.308 e. The SMILES string of the molecule is CCOC(=O)CC(NC(=O)CCCCc1ccc(C=NN)cc1)c1ccc(Cl)cc1. The largest absolute Gasteiger partial charge is 0.466 e. The van der Waals surface area contributed by atoms with Gasteiger partial charge in [0, 0.05) is 11.4 Å². The third-order valence-corrected chi connectivity index (χ3v) is 4.86. The molecule has 0 spiro atoms. The van der Waals surface area contributed by atoms with E-state index in [4.69, 9.17) is 22.2 Å². The summed E-state index contributed by atoms with van der Waals surface area (Å²) < 4.78 is 5.04. The van der Waals surface area contributed by atoms with Crippen LogP contribution in [-0.4, -0.2) is 24.7 Å². The molecule has 2 rings (SSSR count). The molecule has 3 N–H and O–H groups in total. The Morgan fingerprint density at radius 2 is 1.83 bits per heavy atom. The van der Waals surface area contributed by atoms with Crippen molar-refractivity contribution < 1.29 is 14.3 Å². The molecule has 0 aromatic heterocycles. The van der Waals surface area contributed by atoms with Gasteiger partial charge in [-0.05, 0) is 55.0 Å². The van der Waals surface area contributed by atoms with Gasteiger partial charge in [0.1, 0.15) is 0 Å². The van der Waals surface area contributed by atoms with Gasteiger partial charge in [-0.3, -0.25) is 9.59 Å². The van der Waals surface area contributed by atoms with Crippen LogP contribution in [0, 0.1) is 0 Å². The lowest BCUT2D eigenvalue weighted by Crippen LogP contribution is -2.30. The lowest BCUT2D eigenvalue weighted by molar-refractivity contribution is -0.143. The first-order valence-electron chi connectivity index (χ1n) is 10.0. The van der Waals surface area contributed by atoms with Crippen LogP contribution in [0.2, 0.25) is 5.02 Å². The monoisotopic (exact) mass is 429 g/mol. The number of halogens is 1. The van der Waals surface area contributed by atoms with Gasteiger partial charge in [-0.15, -0.1) is 0 Å². The molecule has 0 aliphatic carbocycles. The first-order chi connectivity index (χ1) is 14.5. The highest BCUT2D eigenvalue weighted by Gasteiger charge is 2.19. The first-order valence-corrected chi connectivity index (χ1v) is 10.4. The van der Waals surface area contributed by atoms with Crippen molar-refractivity contribution in [2.24, 2.45) is 10.9 Å². The minimum absolute atomic E-state index is 0.0830. The van der Waals surface area contributed by atoms with Gasteiger partial charge in [0.15, 0.2) is 0 Å². The number of nitrogens with zero attached hydrogens (tertiary/aromatic N) is 1. The van der Waals surface area contributed by atoms with Crippen molar-refractivity contribution in [3.05, 3.63) is 70.2 Å². The Morgan fingerprint density at radius 3 is 2.47 bits per heavy atom. The van der Waals surface area contributed by atoms with Crippen molar-refractivity contribution >= 4 is 29.7 Å². The molecule has 160 valence electrons. The van der Waals surface area contributed by atoms with Crippen LogP contribution in [0.4, 0.5) is 0 Å². The Bertz CT molecular complexity index is 836. The van der Waals surface area contributed by atoms with Crippen LogP contribution in [0.25, 0.3) is 0 Å². The molecular formula is C23H28ClN3O3. The first kappa shape index (κ1) is 23.4. The highest BCUT2D eigenvalue weighted by Crippen LogP contribution is 2.20. The number of ether oxygens (including phenoxy) is 1. The fourth-order valence-electron chi connectivity index (χ4n) is 3.07. The van der Waals surface area contributed by atoms with E-state index in [0.29, 0.717) is 18.1 Å². The van der Waals surface area contributed by atoms with Gasteiger partial charge in [-0.2, -0.15) is 5.10 Å². The number of benzene rings is 2. The standard InChI is InChI=1S/C23H28ClN3O3/c1-2-30-23(29)15-21(19-11-13-20(24)14-12-19)27-22(28)6-4-3-5-17-7-9-18(10-8-17)16-26-25/h7-14,16,21H,2-6,15,25H2,1H3,(H,27,28). The second-order valence-electron chi connectivity index (χ2n) is 6.91. The third-order valence-electron chi connectivity index (χ3n) is 4.61. The lowest BCUT2D eigenvalue weighted by atomic mass is 10.0. The quantitative estimate of drug-likeness (QED) is 0.184. The van der Waals surface area contributed by atoms with Gasteiger partial charge in [0.2, 0.25) is 5.91 Å². The molecule has 0 aliphatic rings. The summed E-state index contributed by atoms with van der Waals surface area (Å²) in [5.41, 5.74) is 2.98. The van der Waals surface area contributed by atoms with Gasteiger partial charge < -0.3 is 15.9 Å². The topological polar surface area (TPSA) is 93.8 Å². The number of hydrazone groups is 1. The maximum Gasteiger partial charge on any atom is 0.308 e. The van der Waals surface area contributed by atoms with Crippen molar-refractivity contribution in [2.75, 3.05) is 6.61 Å². The molecular weight excluding hydrogens is 402 g/mol. The predicted molar refractivity (Wildman–Crippen MR) is 119 cm³/mol.